The van der Waals surface area contributed by atoms with E-state index in [4.69, 9.17) is 9.47 Å². The Labute approximate surface area is 163 Å². The summed E-state index contributed by atoms with van der Waals surface area (Å²) in [5, 5.41) is 9.35. The van der Waals surface area contributed by atoms with E-state index in [1.807, 2.05) is 12.1 Å². The number of likely N-dealkylation sites (tertiary alicyclic amines) is 1. The van der Waals surface area contributed by atoms with Gasteiger partial charge in [-0.15, -0.1) is 0 Å². The van der Waals surface area contributed by atoms with Crippen LogP contribution in [0.3, 0.4) is 0 Å². The summed E-state index contributed by atoms with van der Waals surface area (Å²) in [4.78, 5) is 39.7. The lowest BCUT2D eigenvalue weighted by molar-refractivity contribution is -0.145. The van der Waals surface area contributed by atoms with Crippen molar-refractivity contribution in [2.75, 3.05) is 37.7 Å². The molecule has 8 heteroatoms. The molecule has 2 amide bonds. The van der Waals surface area contributed by atoms with Gasteiger partial charge in [0.15, 0.2) is 6.61 Å². The molecule has 2 fully saturated rings. The second-order valence-corrected chi connectivity index (χ2v) is 7.52. The summed E-state index contributed by atoms with van der Waals surface area (Å²) in [6.07, 6.45) is 1.72. The van der Waals surface area contributed by atoms with Crippen LogP contribution in [-0.2, 0) is 19.1 Å². The molecule has 3 aliphatic rings. The fourth-order valence-corrected chi connectivity index (χ4v) is 4.38. The molecule has 0 spiro atoms. The van der Waals surface area contributed by atoms with Crippen LogP contribution in [0.4, 0.5) is 5.69 Å². The molecule has 0 aliphatic carbocycles. The van der Waals surface area contributed by atoms with E-state index in [1.54, 1.807) is 17.0 Å². The SMILES string of the molecule is O=C(O)C1CCO[C@H]1C1CCN(C(=O)CN2C(=O)COc3ccccc32)CC1. The molecule has 150 valence electrons. The Morgan fingerprint density at radius 1 is 1.14 bits per heavy atom. The van der Waals surface area contributed by atoms with Gasteiger partial charge in [-0.25, -0.2) is 0 Å². The number of fused-ring (bicyclic) bond motifs is 1. The topological polar surface area (TPSA) is 96.4 Å². The first-order valence-electron chi connectivity index (χ1n) is 9.69. The Kier molecular flexibility index (Phi) is 5.21. The Balaban J connectivity index is 1.36. The van der Waals surface area contributed by atoms with Gasteiger partial charge in [-0.2, -0.15) is 0 Å². The van der Waals surface area contributed by atoms with Crippen molar-refractivity contribution in [2.24, 2.45) is 11.8 Å². The molecule has 0 saturated carbocycles. The third-order valence-corrected chi connectivity index (χ3v) is 5.91. The summed E-state index contributed by atoms with van der Waals surface area (Å²) in [7, 11) is 0. The van der Waals surface area contributed by atoms with Gasteiger partial charge in [-0.1, -0.05) is 12.1 Å². The van der Waals surface area contributed by atoms with E-state index in [2.05, 4.69) is 0 Å². The Morgan fingerprint density at radius 2 is 1.89 bits per heavy atom. The zero-order chi connectivity index (χ0) is 19.7. The van der Waals surface area contributed by atoms with E-state index in [-0.39, 0.29) is 37.0 Å². The summed E-state index contributed by atoms with van der Waals surface area (Å²) >= 11 is 0. The Hall–Kier alpha value is -2.61. The van der Waals surface area contributed by atoms with Crippen LogP contribution in [0.5, 0.6) is 5.75 Å². The number of hydrogen-bond donors (Lipinski definition) is 1. The zero-order valence-electron chi connectivity index (χ0n) is 15.6. The summed E-state index contributed by atoms with van der Waals surface area (Å²) in [6.45, 7) is 1.51. The molecule has 2 atom stereocenters. The van der Waals surface area contributed by atoms with Crippen molar-refractivity contribution >= 4 is 23.5 Å². The van der Waals surface area contributed by atoms with Gasteiger partial charge in [0.2, 0.25) is 5.91 Å². The van der Waals surface area contributed by atoms with Crippen LogP contribution in [0.1, 0.15) is 19.3 Å². The molecule has 1 aromatic carbocycles. The minimum atomic E-state index is -0.800. The normalized spacial score (nSPS) is 25.4. The number of para-hydroxylation sites is 2. The first-order chi connectivity index (χ1) is 13.5. The molecular formula is C20H24N2O6. The van der Waals surface area contributed by atoms with Crippen LogP contribution in [-0.4, -0.2) is 66.7 Å². The van der Waals surface area contributed by atoms with Gasteiger partial charge >= 0.3 is 5.97 Å². The van der Waals surface area contributed by atoms with Crippen molar-refractivity contribution in [3.8, 4) is 5.75 Å². The number of carboxylic acid groups (broad SMARTS) is 1. The van der Waals surface area contributed by atoms with Gasteiger partial charge in [0, 0.05) is 19.7 Å². The lowest BCUT2D eigenvalue weighted by atomic mass is 9.84. The van der Waals surface area contributed by atoms with Crippen molar-refractivity contribution in [1.29, 1.82) is 0 Å². The van der Waals surface area contributed by atoms with Crippen LogP contribution >= 0.6 is 0 Å². The number of amides is 2. The smallest absolute Gasteiger partial charge is 0.309 e. The lowest BCUT2D eigenvalue weighted by Gasteiger charge is -2.37. The fourth-order valence-electron chi connectivity index (χ4n) is 4.38. The van der Waals surface area contributed by atoms with E-state index in [0.29, 0.717) is 50.4 Å². The number of benzene rings is 1. The highest BCUT2D eigenvalue weighted by Crippen LogP contribution is 2.34. The summed E-state index contributed by atoms with van der Waals surface area (Å²) < 4.78 is 11.1. The Morgan fingerprint density at radius 3 is 2.64 bits per heavy atom. The van der Waals surface area contributed by atoms with Crippen molar-refractivity contribution in [1.82, 2.24) is 4.90 Å². The quantitative estimate of drug-likeness (QED) is 0.831. The maximum absolute atomic E-state index is 12.8. The van der Waals surface area contributed by atoms with Gasteiger partial charge < -0.3 is 19.5 Å². The predicted octanol–water partition coefficient (Wildman–Crippen LogP) is 1.14. The lowest BCUT2D eigenvalue weighted by Crippen LogP contribution is -2.49. The highest BCUT2D eigenvalue weighted by Gasteiger charge is 2.41. The third-order valence-electron chi connectivity index (χ3n) is 5.91. The molecule has 1 aromatic rings. The number of carbonyl (C=O) groups is 3. The molecule has 2 saturated heterocycles. The molecule has 0 aromatic heterocycles. The minimum absolute atomic E-state index is 0.0123. The third kappa shape index (κ3) is 3.56. The fraction of sp³-hybridized carbons (Fsp3) is 0.550. The van der Waals surface area contributed by atoms with Crippen LogP contribution in [0.15, 0.2) is 24.3 Å². The highest BCUT2D eigenvalue weighted by molar-refractivity contribution is 6.02. The number of carboxylic acids is 1. The number of piperidine rings is 1. The standard InChI is InChI=1S/C20H24N2O6/c23-17(11-22-15-3-1-2-4-16(15)28-12-18(22)24)21-8-5-13(6-9-21)19-14(20(25)26)7-10-27-19/h1-4,13-14,19H,5-12H2,(H,25,26)/t14?,19-/m0/s1. The number of aliphatic carboxylic acids is 1. The molecule has 1 N–H and O–H groups in total. The van der Waals surface area contributed by atoms with Gasteiger partial charge in [0.05, 0.1) is 17.7 Å². The monoisotopic (exact) mass is 388 g/mol. The molecule has 0 radical (unpaired) electrons. The number of rotatable bonds is 4. The van der Waals surface area contributed by atoms with E-state index in [0.717, 1.165) is 0 Å². The van der Waals surface area contributed by atoms with Crippen LogP contribution in [0, 0.1) is 11.8 Å². The molecule has 3 aliphatic heterocycles. The van der Waals surface area contributed by atoms with Crippen LogP contribution < -0.4 is 9.64 Å². The van der Waals surface area contributed by atoms with E-state index in [1.165, 1.54) is 4.90 Å². The van der Waals surface area contributed by atoms with Gasteiger partial charge in [0.25, 0.3) is 5.91 Å². The number of anilines is 1. The second kappa shape index (κ2) is 7.79. The minimum Gasteiger partial charge on any atom is -0.482 e. The molecule has 1 unspecified atom stereocenters. The van der Waals surface area contributed by atoms with Gasteiger partial charge in [0.1, 0.15) is 12.3 Å². The zero-order valence-corrected chi connectivity index (χ0v) is 15.6. The first kappa shape index (κ1) is 18.7. The number of nitrogens with zero attached hydrogens (tertiary/aromatic N) is 2. The van der Waals surface area contributed by atoms with E-state index >= 15 is 0 Å². The summed E-state index contributed by atoms with van der Waals surface area (Å²) in [5.41, 5.74) is 0.616. The maximum atomic E-state index is 12.8. The molecule has 0 bridgehead atoms. The molecule has 3 heterocycles. The van der Waals surface area contributed by atoms with Crippen LogP contribution in [0.25, 0.3) is 0 Å². The molecule has 8 nitrogen and oxygen atoms in total. The summed E-state index contributed by atoms with van der Waals surface area (Å²) in [6, 6.07) is 7.19. The maximum Gasteiger partial charge on any atom is 0.309 e. The molecular weight excluding hydrogens is 364 g/mol. The average molecular weight is 388 g/mol. The van der Waals surface area contributed by atoms with Crippen molar-refractivity contribution in [3.63, 3.8) is 0 Å². The number of hydrogen-bond acceptors (Lipinski definition) is 5. The second-order valence-electron chi connectivity index (χ2n) is 7.52. The summed E-state index contributed by atoms with van der Waals surface area (Å²) in [5.74, 6) is -0.832. The van der Waals surface area contributed by atoms with E-state index < -0.39 is 11.9 Å². The number of ether oxygens (including phenoxy) is 2. The highest BCUT2D eigenvalue weighted by atomic mass is 16.5. The van der Waals surface area contributed by atoms with Crippen molar-refractivity contribution in [3.05, 3.63) is 24.3 Å². The Bertz CT molecular complexity index is 774. The predicted molar refractivity (Wildman–Crippen MR) is 99.1 cm³/mol. The number of carbonyl (C=O) groups excluding carboxylic acids is 2. The van der Waals surface area contributed by atoms with E-state index in [9.17, 15) is 19.5 Å². The van der Waals surface area contributed by atoms with Gasteiger partial charge in [-0.05, 0) is 37.3 Å². The van der Waals surface area contributed by atoms with Crippen molar-refractivity contribution in [2.45, 2.75) is 25.4 Å². The molecule has 4 rings (SSSR count). The first-order valence-corrected chi connectivity index (χ1v) is 9.69. The van der Waals surface area contributed by atoms with Crippen LogP contribution in [0.2, 0.25) is 0 Å². The van der Waals surface area contributed by atoms with Crippen molar-refractivity contribution < 1.29 is 29.0 Å². The average Bonchev–Trinajstić information content (AvgIpc) is 3.20. The molecule has 28 heavy (non-hydrogen) atoms. The van der Waals surface area contributed by atoms with Gasteiger partial charge in [-0.3, -0.25) is 19.3 Å². The largest absolute Gasteiger partial charge is 0.482 e.